The normalized spacial score (nSPS) is 11.6. The van der Waals surface area contributed by atoms with Crippen LogP contribution < -0.4 is 15.4 Å². The first-order valence-electron chi connectivity index (χ1n) is 11.4. The molecule has 0 saturated heterocycles. The fourth-order valence-corrected chi connectivity index (χ4v) is 2.72. The van der Waals surface area contributed by atoms with Crippen LogP contribution in [0.3, 0.4) is 0 Å². The molecule has 0 fully saturated rings. The van der Waals surface area contributed by atoms with E-state index in [0.29, 0.717) is 18.8 Å². The Morgan fingerprint density at radius 3 is 2.38 bits per heavy atom. The van der Waals surface area contributed by atoms with E-state index in [2.05, 4.69) is 42.3 Å². The van der Waals surface area contributed by atoms with Gasteiger partial charge in [-0.05, 0) is 56.0 Å². The van der Waals surface area contributed by atoms with Crippen LogP contribution in [-0.4, -0.2) is 36.3 Å². The maximum Gasteiger partial charge on any atom is 0.260 e. The number of rotatable bonds is 10. The molecule has 5 heteroatoms. The predicted molar refractivity (Wildman–Crippen MR) is 135 cm³/mol. The molecule has 32 heavy (non-hydrogen) atoms. The van der Waals surface area contributed by atoms with Gasteiger partial charge in [0.25, 0.3) is 5.91 Å². The highest BCUT2D eigenvalue weighted by Gasteiger charge is 2.15. The molecule has 0 spiro atoms. The smallest absolute Gasteiger partial charge is 0.260 e. The summed E-state index contributed by atoms with van der Waals surface area (Å²) in [5.74, 6) is 0.417. The van der Waals surface area contributed by atoms with Crippen LogP contribution in [0.2, 0.25) is 0 Å². The summed E-state index contributed by atoms with van der Waals surface area (Å²) in [6.07, 6.45) is 1.48. The van der Waals surface area contributed by atoms with E-state index >= 15 is 0 Å². The average molecular weight is 443 g/mol. The Morgan fingerprint density at radius 1 is 1.12 bits per heavy atom. The third kappa shape index (κ3) is 12.9. The number of aliphatic hydroxyl groups excluding tert-OH is 1. The fourth-order valence-electron chi connectivity index (χ4n) is 2.72. The van der Waals surface area contributed by atoms with E-state index in [1.807, 2.05) is 58.0 Å². The number of carbonyl (C=O) groups excluding carboxylic acids is 1. The van der Waals surface area contributed by atoms with Crippen LogP contribution in [0.15, 0.2) is 61.2 Å². The van der Waals surface area contributed by atoms with Crippen molar-refractivity contribution >= 4 is 5.91 Å². The van der Waals surface area contributed by atoms with Crippen molar-refractivity contribution in [1.29, 1.82) is 0 Å². The second kappa shape index (κ2) is 18.0. The second-order valence-electron chi connectivity index (χ2n) is 7.19. The molecule has 0 aliphatic carbocycles. The number of ether oxygens (including phenoxy) is 1. The van der Waals surface area contributed by atoms with Crippen molar-refractivity contribution in [3.8, 4) is 5.75 Å². The average Bonchev–Trinajstić information content (AvgIpc) is 2.79. The molecule has 0 aliphatic heterocycles. The molecule has 1 amide bonds. The largest absolute Gasteiger partial charge is 0.481 e. The van der Waals surface area contributed by atoms with Gasteiger partial charge >= 0.3 is 0 Å². The van der Waals surface area contributed by atoms with Gasteiger partial charge in [0.05, 0.1) is 6.10 Å². The number of aliphatic hydroxyl groups is 1. The van der Waals surface area contributed by atoms with Gasteiger partial charge < -0.3 is 20.5 Å². The molecule has 2 aromatic carbocycles. The van der Waals surface area contributed by atoms with Crippen LogP contribution in [-0.2, 0) is 17.8 Å². The molecule has 3 N–H and O–H groups in total. The second-order valence-corrected chi connectivity index (χ2v) is 7.19. The van der Waals surface area contributed by atoms with Crippen LogP contribution in [0.1, 0.15) is 51.3 Å². The summed E-state index contributed by atoms with van der Waals surface area (Å²) in [4.78, 5) is 12.1. The lowest BCUT2D eigenvalue weighted by atomic mass is 10.1. The Hall–Kier alpha value is -2.63. The number of allylic oxidation sites excluding steroid dienone is 1. The van der Waals surface area contributed by atoms with E-state index in [1.165, 1.54) is 11.1 Å². The molecule has 0 radical (unpaired) electrons. The molecule has 2 unspecified atom stereocenters. The fraction of sp³-hybridized carbons (Fsp3) is 0.444. The lowest BCUT2D eigenvalue weighted by Gasteiger charge is -2.17. The van der Waals surface area contributed by atoms with E-state index in [4.69, 9.17) is 4.74 Å². The standard InChI is InChI=1S/C22H30N2O3.C3H6.C2H6/c1-4-18-8-6-9-19(12-18)13-23-14-20(25)15-24-22(26)17(3)27-21-10-5-7-16(2)11-21;1-3-2;1-2/h5-12,17,20,23,25H,4,13-15H2,1-3H3,(H,24,26);3H,1H2,2H3;1-2H3. The number of carbonyl (C=O) groups is 1. The summed E-state index contributed by atoms with van der Waals surface area (Å²) in [7, 11) is 0. The van der Waals surface area contributed by atoms with Crippen LogP contribution in [0, 0.1) is 6.92 Å². The van der Waals surface area contributed by atoms with E-state index in [9.17, 15) is 9.90 Å². The molecule has 178 valence electrons. The first-order valence-corrected chi connectivity index (χ1v) is 11.4. The number of amides is 1. The molecule has 0 saturated carbocycles. The summed E-state index contributed by atoms with van der Waals surface area (Å²) >= 11 is 0. The van der Waals surface area contributed by atoms with Crippen LogP contribution >= 0.6 is 0 Å². The zero-order valence-corrected chi connectivity index (χ0v) is 20.7. The Morgan fingerprint density at radius 2 is 1.75 bits per heavy atom. The van der Waals surface area contributed by atoms with Gasteiger partial charge in [0.15, 0.2) is 6.10 Å². The van der Waals surface area contributed by atoms with Crippen LogP contribution in [0.25, 0.3) is 0 Å². The van der Waals surface area contributed by atoms with Gasteiger partial charge in [-0.2, -0.15) is 0 Å². The van der Waals surface area contributed by atoms with Crippen molar-refractivity contribution in [3.05, 3.63) is 77.9 Å². The number of nitrogens with one attached hydrogen (secondary N) is 2. The van der Waals surface area contributed by atoms with Crippen LogP contribution in [0.5, 0.6) is 5.75 Å². The minimum atomic E-state index is -0.658. The number of hydrogen-bond acceptors (Lipinski definition) is 4. The number of benzene rings is 2. The molecule has 2 rings (SSSR count). The predicted octanol–water partition coefficient (Wildman–Crippen LogP) is 4.81. The van der Waals surface area contributed by atoms with Gasteiger partial charge in [-0.15, -0.1) is 6.58 Å². The highest BCUT2D eigenvalue weighted by molar-refractivity contribution is 5.80. The first-order chi connectivity index (χ1) is 15.4. The van der Waals surface area contributed by atoms with E-state index in [-0.39, 0.29) is 12.5 Å². The zero-order chi connectivity index (χ0) is 24.4. The third-order valence-corrected chi connectivity index (χ3v) is 4.29. The molecule has 0 heterocycles. The van der Waals surface area contributed by atoms with Crippen molar-refractivity contribution in [1.82, 2.24) is 10.6 Å². The summed E-state index contributed by atoms with van der Waals surface area (Å²) in [6, 6.07) is 15.9. The Bertz CT molecular complexity index is 777. The van der Waals surface area contributed by atoms with Gasteiger partial charge in [0, 0.05) is 19.6 Å². The molecule has 0 aromatic heterocycles. The summed E-state index contributed by atoms with van der Waals surface area (Å²) in [6.45, 7) is 16.3. The third-order valence-electron chi connectivity index (χ3n) is 4.29. The number of aryl methyl sites for hydroxylation is 2. The molecule has 0 aliphatic rings. The molecule has 0 bridgehead atoms. The minimum absolute atomic E-state index is 0.183. The van der Waals surface area contributed by atoms with E-state index < -0.39 is 12.2 Å². The van der Waals surface area contributed by atoms with Crippen molar-refractivity contribution in [2.45, 2.75) is 66.7 Å². The summed E-state index contributed by atoms with van der Waals surface area (Å²) in [5, 5.41) is 16.0. The molecular weight excluding hydrogens is 400 g/mol. The maximum atomic E-state index is 12.1. The minimum Gasteiger partial charge on any atom is -0.481 e. The van der Waals surface area contributed by atoms with Crippen molar-refractivity contribution < 1.29 is 14.6 Å². The van der Waals surface area contributed by atoms with E-state index in [0.717, 1.165) is 12.0 Å². The van der Waals surface area contributed by atoms with Gasteiger partial charge in [0.1, 0.15) is 5.75 Å². The maximum absolute atomic E-state index is 12.1. The first kappa shape index (κ1) is 29.4. The lowest BCUT2D eigenvalue weighted by molar-refractivity contribution is -0.127. The van der Waals surface area contributed by atoms with Crippen LogP contribution in [0.4, 0.5) is 0 Å². The highest BCUT2D eigenvalue weighted by Crippen LogP contribution is 2.14. The van der Waals surface area contributed by atoms with E-state index in [1.54, 1.807) is 13.0 Å². The molecule has 5 nitrogen and oxygen atoms in total. The van der Waals surface area contributed by atoms with Crippen molar-refractivity contribution in [2.24, 2.45) is 0 Å². The molecule has 2 aromatic rings. The van der Waals surface area contributed by atoms with Gasteiger partial charge in [-0.1, -0.05) is 63.2 Å². The molecule has 2 atom stereocenters. The summed E-state index contributed by atoms with van der Waals surface area (Å²) < 4.78 is 5.64. The lowest BCUT2D eigenvalue weighted by Crippen LogP contribution is -2.42. The number of hydrogen-bond donors (Lipinski definition) is 3. The Kier molecular flexibility index (Phi) is 16.5. The molecular formula is C27H42N2O3. The Labute approximate surface area is 194 Å². The quantitative estimate of drug-likeness (QED) is 0.462. The highest BCUT2D eigenvalue weighted by atomic mass is 16.5. The van der Waals surface area contributed by atoms with Crippen molar-refractivity contribution in [2.75, 3.05) is 13.1 Å². The topological polar surface area (TPSA) is 70.6 Å². The monoisotopic (exact) mass is 442 g/mol. The van der Waals surface area contributed by atoms with Gasteiger partial charge in [-0.25, -0.2) is 0 Å². The Balaban J connectivity index is 0.00000177. The zero-order valence-electron chi connectivity index (χ0n) is 20.7. The van der Waals surface area contributed by atoms with Crippen molar-refractivity contribution in [3.63, 3.8) is 0 Å². The summed E-state index contributed by atoms with van der Waals surface area (Å²) in [5.41, 5.74) is 3.56. The SMILES string of the molecule is C=CC.CC.CCc1cccc(CNCC(O)CNC(=O)C(C)Oc2cccc(C)c2)c1. The van der Waals surface area contributed by atoms with Gasteiger partial charge in [0.2, 0.25) is 0 Å². The van der Waals surface area contributed by atoms with Gasteiger partial charge in [-0.3, -0.25) is 4.79 Å².